The van der Waals surface area contributed by atoms with Crippen LogP contribution in [-0.4, -0.2) is 36.3 Å². The summed E-state index contributed by atoms with van der Waals surface area (Å²) in [6.45, 7) is 0.0393. The van der Waals surface area contributed by atoms with Crippen molar-refractivity contribution in [1.82, 2.24) is 0 Å². The van der Waals surface area contributed by atoms with Gasteiger partial charge in [0.15, 0.2) is 0 Å². The highest BCUT2D eigenvalue weighted by molar-refractivity contribution is 7.98. The Morgan fingerprint density at radius 3 is 2.82 bits per heavy atom. The van der Waals surface area contributed by atoms with Gasteiger partial charge < -0.3 is 14.9 Å². The van der Waals surface area contributed by atoms with Crippen molar-refractivity contribution in [2.45, 2.75) is 5.75 Å². The van der Waals surface area contributed by atoms with Crippen LogP contribution in [0.5, 0.6) is 5.75 Å². The van der Waals surface area contributed by atoms with Crippen LogP contribution in [0.1, 0.15) is 11.1 Å². The van der Waals surface area contributed by atoms with Crippen LogP contribution in [0.25, 0.3) is 0 Å². The molecule has 0 radical (unpaired) electrons. The second-order valence-electron chi connectivity index (χ2n) is 3.26. The maximum absolute atomic E-state index is 8.74. The van der Waals surface area contributed by atoms with Crippen molar-refractivity contribution in [2.75, 3.05) is 26.1 Å². The van der Waals surface area contributed by atoms with Crippen molar-refractivity contribution in [3.63, 3.8) is 0 Å². The molecule has 0 heterocycles. The minimum atomic E-state index is -0.138. The maximum Gasteiger partial charge on any atom is 0.122 e. The van der Waals surface area contributed by atoms with Crippen molar-refractivity contribution < 1.29 is 14.9 Å². The van der Waals surface area contributed by atoms with E-state index in [4.69, 9.17) is 14.9 Å². The van der Waals surface area contributed by atoms with Crippen LogP contribution in [0.3, 0.4) is 0 Å². The van der Waals surface area contributed by atoms with Gasteiger partial charge in [-0.3, -0.25) is 0 Å². The number of thioether (sulfide) groups is 1. The van der Waals surface area contributed by atoms with Crippen LogP contribution in [0.2, 0.25) is 0 Å². The van der Waals surface area contributed by atoms with E-state index in [1.165, 1.54) is 0 Å². The van der Waals surface area contributed by atoms with E-state index < -0.39 is 0 Å². The van der Waals surface area contributed by atoms with Crippen molar-refractivity contribution >= 4 is 11.8 Å². The molecule has 1 aromatic rings. The van der Waals surface area contributed by atoms with Gasteiger partial charge in [0.25, 0.3) is 0 Å². The number of aliphatic hydroxyl groups is 2. The molecule has 0 fully saturated rings. The fraction of sp³-hybridized carbons (Fsp3) is 0.385. The molecule has 0 aliphatic carbocycles. The predicted octanol–water partition coefficient (Wildman–Crippen LogP) is 1.26. The van der Waals surface area contributed by atoms with E-state index >= 15 is 0 Å². The Morgan fingerprint density at radius 2 is 2.18 bits per heavy atom. The summed E-state index contributed by atoms with van der Waals surface area (Å²) in [7, 11) is 1.63. The van der Waals surface area contributed by atoms with Gasteiger partial charge in [0.05, 0.1) is 13.7 Å². The van der Waals surface area contributed by atoms with E-state index in [0.29, 0.717) is 5.75 Å². The summed E-state index contributed by atoms with van der Waals surface area (Å²) in [4.78, 5) is 0. The predicted molar refractivity (Wildman–Crippen MR) is 70.2 cm³/mol. The third-order valence-corrected chi connectivity index (χ3v) is 3.07. The number of aliphatic hydroxyl groups excluding tert-OH is 2. The van der Waals surface area contributed by atoms with Crippen molar-refractivity contribution in [2.24, 2.45) is 0 Å². The number of benzene rings is 1. The first-order chi connectivity index (χ1) is 8.31. The Kier molecular flexibility index (Phi) is 6.56. The molecule has 0 saturated carbocycles. The number of ether oxygens (including phenoxy) is 1. The number of hydrogen-bond acceptors (Lipinski definition) is 4. The van der Waals surface area contributed by atoms with Crippen molar-refractivity contribution in [3.8, 4) is 17.6 Å². The number of hydrogen-bond donors (Lipinski definition) is 2. The molecule has 0 aliphatic heterocycles. The van der Waals surface area contributed by atoms with Crippen LogP contribution in [0.4, 0.5) is 0 Å². The van der Waals surface area contributed by atoms with E-state index in [0.717, 1.165) is 22.6 Å². The standard InChI is InChI=1S/C13H16O3S/c1-16-13-5-4-11(3-2-6-14)9-12(13)10-17-8-7-15/h4-5,9,14-15H,6-8,10H2,1H3. The van der Waals surface area contributed by atoms with Gasteiger partial charge in [0.2, 0.25) is 0 Å². The second kappa shape index (κ2) is 8.02. The molecule has 3 nitrogen and oxygen atoms in total. The molecule has 17 heavy (non-hydrogen) atoms. The molecule has 0 aromatic heterocycles. The second-order valence-corrected chi connectivity index (χ2v) is 4.37. The minimum absolute atomic E-state index is 0.138. The lowest BCUT2D eigenvalue weighted by molar-refractivity contribution is 0.322. The molecule has 0 aliphatic rings. The quantitative estimate of drug-likeness (QED) is 0.612. The van der Waals surface area contributed by atoms with Gasteiger partial charge in [-0.25, -0.2) is 0 Å². The Morgan fingerprint density at radius 1 is 1.35 bits per heavy atom. The van der Waals surface area contributed by atoms with E-state index in [9.17, 15) is 0 Å². The summed E-state index contributed by atoms with van der Waals surface area (Å²) in [5, 5.41) is 17.4. The molecule has 92 valence electrons. The molecule has 0 spiro atoms. The molecular weight excluding hydrogens is 236 g/mol. The highest BCUT2D eigenvalue weighted by atomic mass is 32.2. The van der Waals surface area contributed by atoms with E-state index in [1.54, 1.807) is 18.9 Å². The van der Waals surface area contributed by atoms with Gasteiger partial charge in [-0.1, -0.05) is 11.8 Å². The van der Waals surface area contributed by atoms with E-state index in [2.05, 4.69) is 11.8 Å². The third-order valence-electron chi connectivity index (χ3n) is 2.09. The van der Waals surface area contributed by atoms with Gasteiger partial charge in [-0.2, -0.15) is 11.8 Å². The lowest BCUT2D eigenvalue weighted by Gasteiger charge is -2.08. The minimum Gasteiger partial charge on any atom is -0.496 e. The van der Waals surface area contributed by atoms with Crippen LogP contribution < -0.4 is 4.74 Å². The normalized spacial score (nSPS) is 9.59. The Hall–Kier alpha value is -1.15. The lowest BCUT2D eigenvalue weighted by Crippen LogP contribution is -1.93. The molecule has 0 saturated heterocycles. The smallest absolute Gasteiger partial charge is 0.122 e. The first-order valence-corrected chi connectivity index (χ1v) is 6.42. The average molecular weight is 252 g/mol. The topological polar surface area (TPSA) is 49.7 Å². The molecular formula is C13H16O3S. The maximum atomic E-state index is 8.74. The molecule has 2 N–H and O–H groups in total. The zero-order chi connectivity index (χ0) is 12.5. The van der Waals surface area contributed by atoms with Crippen molar-refractivity contribution in [3.05, 3.63) is 29.3 Å². The van der Waals surface area contributed by atoms with E-state index in [1.807, 2.05) is 18.2 Å². The Bertz CT molecular complexity index is 407. The van der Waals surface area contributed by atoms with Crippen molar-refractivity contribution in [1.29, 1.82) is 0 Å². The highest BCUT2D eigenvalue weighted by Crippen LogP contribution is 2.24. The fourth-order valence-corrected chi connectivity index (χ4v) is 2.08. The Balaban J connectivity index is 2.82. The van der Waals surface area contributed by atoms with Gasteiger partial charge in [0, 0.05) is 22.6 Å². The highest BCUT2D eigenvalue weighted by Gasteiger charge is 2.03. The largest absolute Gasteiger partial charge is 0.496 e. The molecule has 0 unspecified atom stereocenters. The molecule has 1 aromatic carbocycles. The fourth-order valence-electron chi connectivity index (χ4n) is 1.36. The SMILES string of the molecule is COc1ccc(C#CCO)cc1CSCCO. The molecule has 0 bridgehead atoms. The van der Waals surface area contributed by atoms with Crippen LogP contribution in [0.15, 0.2) is 18.2 Å². The molecule has 1 rings (SSSR count). The van der Waals surface area contributed by atoms with Crippen LogP contribution in [0, 0.1) is 11.8 Å². The Labute approximate surface area is 106 Å². The number of rotatable bonds is 5. The van der Waals surface area contributed by atoms with Gasteiger partial charge in [-0.05, 0) is 18.2 Å². The summed E-state index contributed by atoms with van der Waals surface area (Å²) in [6.07, 6.45) is 0. The number of methoxy groups -OCH3 is 1. The zero-order valence-corrected chi connectivity index (χ0v) is 10.6. The van der Waals surface area contributed by atoms with Gasteiger partial charge >= 0.3 is 0 Å². The summed E-state index contributed by atoms with van der Waals surface area (Å²) in [5.41, 5.74) is 1.91. The molecule has 0 amide bonds. The first kappa shape index (κ1) is 13.9. The summed E-state index contributed by atoms with van der Waals surface area (Å²) in [5.74, 6) is 7.78. The van der Waals surface area contributed by atoms with Crippen LogP contribution in [-0.2, 0) is 5.75 Å². The lowest BCUT2D eigenvalue weighted by atomic mass is 10.1. The van der Waals surface area contributed by atoms with Gasteiger partial charge in [0.1, 0.15) is 12.4 Å². The first-order valence-electron chi connectivity index (χ1n) is 5.27. The van der Waals surface area contributed by atoms with Crippen LogP contribution >= 0.6 is 11.8 Å². The van der Waals surface area contributed by atoms with Gasteiger partial charge in [-0.15, -0.1) is 0 Å². The molecule has 4 heteroatoms. The monoisotopic (exact) mass is 252 g/mol. The summed E-state index contributed by atoms with van der Waals surface area (Å²) < 4.78 is 5.26. The summed E-state index contributed by atoms with van der Waals surface area (Å²) in [6, 6.07) is 5.68. The van der Waals surface area contributed by atoms with E-state index in [-0.39, 0.29) is 13.2 Å². The third kappa shape index (κ3) is 4.70. The summed E-state index contributed by atoms with van der Waals surface area (Å²) >= 11 is 1.64. The average Bonchev–Trinajstić information content (AvgIpc) is 2.37. The molecule has 0 atom stereocenters. The zero-order valence-electron chi connectivity index (χ0n) is 9.77.